The number of carbonyl (C=O) groups is 1. The molecule has 3 rings (SSSR count). The minimum Gasteiger partial charge on any atom is -0.464 e. The number of rotatable bonds is 5. The zero-order valence-electron chi connectivity index (χ0n) is 12.2. The highest BCUT2D eigenvalue weighted by Gasteiger charge is 2.22. The molecule has 22 heavy (non-hydrogen) atoms. The molecule has 4 nitrogen and oxygen atoms in total. The Balaban J connectivity index is 1.90. The minimum atomic E-state index is -0.554. The summed E-state index contributed by atoms with van der Waals surface area (Å²) in [6.45, 7) is 2.15. The fourth-order valence-electron chi connectivity index (χ4n) is 2.21. The molecule has 0 radical (unpaired) electrons. The molecular formula is C17H16N2O2S. The van der Waals surface area contributed by atoms with Crippen molar-refractivity contribution in [1.29, 1.82) is 0 Å². The Labute approximate surface area is 132 Å². The van der Waals surface area contributed by atoms with Crippen LogP contribution in [-0.4, -0.2) is 17.6 Å². The van der Waals surface area contributed by atoms with Crippen LogP contribution >= 0.6 is 11.3 Å². The maximum Gasteiger partial charge on any atom is 0.333 e. The predicted molar refractivity (Wildman–Crippen MR) is 89.1 cm³/mol. The van der Waals surface area contributed by atoms with Crippen molar-refractivity contribution < 1.29 is 9.53 Å². The highest BCUT2D eigenvalue weighted by molar-refractivity contribution is 7.22. The molecule has 1 N–H and O–H groups in total. The quantitative estimate of drug-likeness (QED) is 0.723. The Morgan fingerprint density at radius 1 is 1.18 bits per heavy atom. The van der Waals surface area contributed by atoms with Crippen LogP contribution in [0.1, 0.15) is 18.5 Å². The number of aromatic nitrogens is 1. The van der Waals surface area contributed by atoms with Crippen molar-refractivity contribution in [2.75, 3.05) is 11.9 Å². The molecule has 5 heteroatoms. The summed E-state index contributed by atoms with van der Waals surface area (Å²) in [6, 6.07) is 16.9. The fraction of sp³-hybridized carbons (Fsp3) is 0.176. The first-order valence-corrected chi connectivity index (χ1v) is 7.93. The first-order chi connectivity index (χ1) is 10.8. The van der Waals surface area contributed by atoms with Gasteiger partial charge in [0.25, 0.3) is 0 Å². The third-order valence-electron chi connectivity index (χ3n) is 3.22. The largest absolute Gasteiger partial charge is 0.464 e. The summed E-state index contributed by atoms with van der Waals surface area (Å²) in [6.07, 6.45) is 0. The maximum absolute atomic E-state index is 12.3. The van der Waals surface area contributed by atoms with Crippen LogP contribution in [0.25, 0.3) is 10.2 Å². The van der Waals surface area contributed by atoms with Crippen LogP contribution in [0.5, 0.6) is 0 Å². The van der Waals surface area contributed by atoms with Crippen molar-refractivity contribution in [1.82, 2.24) is 4.98 Å². The highest BCUT2D eigenvalue weighted by atomic mass is 32.1. The van der Waals surface area contributed by atoms with Crippen molar-refractivity contribution in [3.05, 3.63) is 60.2 Å². The Hall–Kier alpha value is -2.40. The van der Waals surface area contributed by atoms with Gasteiger partial charge in [0.1, 0.15) is 0 Å². The molecule has 0 saturated heterocycles. The summed E-state index contributed by atoms with van der Waals surface area (Å²) in [5.74, 6) is -0.298. The summed E-state index contributed by atoms with van der Waals surface area (Å²) < 4.78 is 6.26. The monoisotopic (exact) mass is 312 g/mol. The summed E-state index contributed by atoms with van der Waals surface area (Å²) in [5, 5.41) is 3.91. The van der Waals surface area contributed by atoms with Crippen molar-refractivity contribution in [2.45, 2.75) is 13.0 Å². The van der Waals surface area contributed by atoms with E-state index in [2.05, 4.69) is 10.3 Å². The summed E-state index contributed by atoms with van der Waals surface area (Å²) >= 11 is 1.53. The molecule has 1 aromatic heterocycles. The molecule has 1 heterocycles. The van der Waals surface area contributed by atoms with Crippen LogP contribution in [0.3, 0.4) is 0 Å². The maximum atomic E-state index is 12.3. The molecule has 0 spiro atoms. The molecule has 0 unspecified atom stereocenters. The molecule has 0 fully saturated rings. The van der Waals surface area contributed by atoms with E-state index in [4.69, 9.17) is 4.74 Å². The summed E-state index contributed by atoms with van der Waals surface area (Å²) in [4.78, 5) is 16.8. The van der Waals surface area contributed by atoms with E-state index in [-0.39, 0.29) is 5.97 Å². The Morgan fingerprint density at radius 3 is 2.64 bits per heavy atom. The molecule has 1 atom stereocenters. The lowest BCUT2D eigenvalue weighted by Crippen LogP contribution is -2.23. The standard InChI is InChI=1S/C17H16N2O2S/c1-2-21-16(20)15(12-8-4-3-5-9-12)19-17-18-13-10-6-7-11-14(13)22-17/h3-11,15H,2H2,1H3,(H,18,19)/t15-/m1/s1. The van der Waals surface area contributed by atoms with Gasteiger partial charge in [-0.1, -0.05) is 53.8 Å². The van der Waals surface area contributed by atoms with E-state index >= 15 is 0 Å². The number of fused-ring (bicyclic) bond motifs is 1. The number of nitrogens with one attached hydrogen (secondary N) is 1. The summed E-state index contributed by atoms with van der Waals surface area (Å²) in [5.41, 5.74) is 1.78. The second-order valence-electron chi connectivity index (χ2n) is 4.73. The van der Waals surface area contributed by atoms with Gasteiger partial charge < -0.3 is 10.1 Å². The van der Waals surface area contributed by atoms with Crippen LogP contribution in [0.2, 0.25) is 0 Å². The molecule has 0 aliphatic heterocycles. The van der Waals surface area contributed by atoms with Crippen molar-refractivity contribution in [2.24, 2.45) is 0 Å². The lowest BCUT2D eigenvalue weighted by molar-refractivity contribution is -0.144. The van der Waals surface area contributed by atoms with Crippen LogP contribution in [-0.2, 0) is 9.53 Å². The normalized spacial score (nSPS) is 12.0. The van der Waals surface area contributed by atoms with Gasteiger partial charge in [-0.05, 0) is 24.6 Å². The first-order valence-electron chi connectivity index (χ1n) is 7.11. The molecule has 112 valence electrons. The number of hydrogen-bond acceptors (Lipinski definition) is 5. The van der Waals surface area contributed by atoms with Crippen molar-refractivity contribution in [3.63, 3.8) is 0 Å². The highest BCUT2D eigenvalue weighted by Crippen LogP contribution is 2.29. The fourth-order valence-corrected chi connectivity index (χ4v) is 3.10. The Kier molecular flexibility index (Phi) is 4.34. The van der Waals surface area contributed by atoms with E-state index in [1.54, 1.807) is 6.92 Å². The van der Waals surface area contributed by atoms with E-state index in [1.807, 2.05) is 54.6 Å². The van der Waals surface area contributed by atoms with Gasteiger partial charge in [-0.15, -0.1) is 0 Å². The third-order valence-corrected chi connectivity index (χ3v) is 4.18. The van der Waals surface area contributed by atoms with Gasteiger partial charge >= 0.3 is 5.97 Å². The average Bonchev–Trinajstić information content (AvgIpc) is 2.96. The number of hydrogen-bond donors (Lipinski definition) is 1. The average molecular weight is 312 g/mol. The van der Waals surface area contributed by atoms with Gasteiger partial charge in [-0.25, -0.2) is 9.78 Å². The minimum absolute atomic E-state index is 0.298. The van der Waals surface area contributed by atoms with Crippen LogP contribution in [0.15, 0.2) is 54.6 Å². The van der Waals surface area contributed by atoms with Crippen molar-refractivity contribution >= 4 is 32.7 Å². The van der Waals surface area contributed by atoms with E-state index in [0.29, 0.717) is 11.7 Å². The number of para-hydroxylation sites is 1. The van der Waals surface area contributed by atoms with Gasteiger partial charge in [0.2, 0.25) is 0 Å². The number of benzene rings is 2. The molecule has 3 aromatic rings. The Bertz CT molecular complexity index is 737. The molecule has 2 aromatic carbocycles. The molecule has 0 bridgehead atoms. The second-order valence-corrected chi connectivity index (χ2v) is 5.76. The van der Waals surface area contributed by atoms with E-state index in [0.717, 1.165) is 15.8 Å². The van der Waals surface area contributed by atoms with E-state index < -0.39 is 6.04 Å². The van der Waals surface area contributed by atoms with Crippen LogP contribution in [0.4, 0.5) is 5.13 Å². The SMILES string of the molecule is CCOC(=O)[C@H](Nc1nc2ccccc2s1)c1ccccc1. The number of ether oxygens (including phenoxy) is 1. The lowest BCUT2D eigenvalue weighted by atomic mass is 10.1. The number of carbonyl (C=O) groups excluding carboxylic acids is 1. The predicted octanol–water partition coefficient (Wildman–Crippen LogP) is 4.01. The smallest absolute Gasteiger partial charge is 0.333 e. The number of esters is 1. The molecule has 0 aliphatic carbocycles. The summed E-state index contributed by atoms with van der Waals surface area (Å²) in [7, 11) is 0. The number of thiazole rings is 1. The van der Waals surface area contributed by atoms with Crippen LogP contribution < -0.4 is 5.32 Å². The molecular weight excluding hydrogens is 296 g/mol. The Morgan fingerprint density at radius 2 is 1.91 bits per heavy atom. The van der Waals surface area contributed by atoms with Gasteiger partial charge in [0.15, 0.2) is 11.2 Å². The first kappa shape index (κ1) is 14.5. The number of anilines is 1. The van der Waals surface area contributed by atoms with Gasteiger partial charge in [-0.2, -0.15) is 0 Å². The van der Waals surface area contributed by atoms with E-state index in [1.165, 1.54) is 11.3 Å². The number of nitrogens with zero attached hydrogens (tertiary/aromatic N) is 1. The molecule has 0 aliphatic rings. The molecule has 0 amide bonds. The van der Waals surface area contributed by atoms with E-state index in [9.17, 15) is 4.79 Å². The van der Waals surface area contributed by atoms with Crippen molar-refractivity contribution in [3.8, 4) is 0 Å². The lowest BCUT2D eigenvalue weighted by Gasteiger charge is -2.16. The topological polar surface area (TPSA) is 51.2 Å². The zero-order valence-corrected chi connectivity index (χ0v) is 13.0. The van der Waals surface area contributed by atoms with Crippen LogP contribution in [0, 0.1) is 0 Å². The molecule has 0 saturated carbocycles. The third kappa shape index (κ3) is 3.09. The van der Waals surface area contributed by atoms with Gasteiger partial charge in [-0.3, -0.25) is 0 Å². The van der Waals surface area contributed by atoms with Gasteiger partial charge in [0, 0.05) is 0 Å². The zero-order chi connectivity index (χ0) is 15.4. The van der Waals surface area contributed by atoms with Gasteiger partial charge in [0.05, 0.1) is 16.8 Å². The second kappa shape index (κ2) is 6.58.